The van der Waals surface area contributed by atoms with Crippen LogP contribution in [0, 0.1) is 17.8 Å². The number of aromatic nitrogens is 2. The van der Waals surface area contributed by atoms with Gasteiger partial charge in [-0.25, -0.2) is 14.4 Å². The Morgan fingerprint density at radius 2 is 1.84 bits per heavy atom. The highest BCUT2D eigenvalue weighted by molar-refractivity contribution is 5.80. The van der Waals surface area contributed by atoms with Gasteiger partial charge in [0.15, 0.2) is 0 Å². The van der Waals surface area contributed by atoms with E-state index in [2.05, 4.69) is 71.3 Å². The summed E-state index contributed by atoms with van der Waals surface area (Å²) in [6, 6.07) is 8.34. The molecule has 0 saturated carbocycles. The number of rotatable bonds is 10. The molecular formula is C30H41FN4O2. The number of piperidine rings is 1. The first kappa shape index (κ1) is 27.1. The summed E-state index contributed by atoms with van der Waals surface area (Å²) in [6.45, 7) is 8.15. The van der Waals surface area contributed by atoms with E-state index in [4.69, 9.17) is 4.74 Å². The highest BCUT2D eigenvalue weighted by atomic mass is 19.1. The molecule has 2 heterocycles. The number of halogens is 1. The van der Waals surface area contributed by atoms with E-state index in [1.807, 2.05) is 12.4 Å². The normalized spacial score (nSPS) is 20.2. The molecule has 37 heavy (non-hydrogen) atoms. The summed E-state index contributed by atoms with van der Waals surface area (Å²) in [5.41, 5.74) is 3.62. The maximum Gasteiger partial charge on any atom is 0.225 e. The number of allylic oxidation sites excluding steroid dienone is 2. The first-order valence-corrected chi connectivity index (χ1v) is 13.8. The van der Waals surface area contributed by atoms with Crippen molar-refractivity contribution in [1.82, 2.24) is 15.3 Å². The molecule has 1 aromatic carbocycles. The van der Waals surface area contributed by atoms with Crippen LogP contribution in [-0.4, -0.2) is 48.3 Å². The van der Waals surface area contributed by atoms with Gasteiger partial charge in [0.1, 0.15) is 12.4 Å². The number of hydrogen-bond acceptors (Lipinski definition) is 5. The summed E-state index contributed by atoms with van der Waals surface area (Å²) >= 11 is 0. The van der Waals surface area contributed by atoms with Crippen LogP contribution in [-0.2, 0) is 11.2 Å². The largest absolute Gasteiger partial charge is 0.490 e. The molecule has 1 aromatic heterocycles. The number of aryl methyl sites for hydroxylation is 1. The average Bonchev–Trinajstić information content (AvgIpc) is 2.96. The standard InChI is InChI=1S/C30H41FN4O2/c1-4-23-19-33-30(34-20-23)35-17-13-24(14-18-35)21(2)22(3)37-28-11-9-26(10-12-28)25-5-7-27(8-6-25)29(36)32-16-15-31/h5,9-12,19-22,24,27H,4,6-8,13-18H2,1-3H3,(H,32,36)/t21-,22-,27?/m0/s1. The second-order valence-electron chi connectivity index (χ2n) is 10.5. The van der Waals surface area contributed by atoms with E-state index < -0.39 is 6.67 Å². The second kappa shape index (κ2) is 13.0. The Bertz CT molecular complexity index is 1030. The SMILES string of the molecule is CCc1cnc(N2CCC([C@@H](C)[C@H](C)Oc3ccc(C4=CCC(C(=O)NCCF)CC4)cc3)CC2)nc1. The van der Waals surface area contributed by atoms with Crippen molar-refractivity contribution in [1.29, 1.82) is 0 Å². The second-order valence-corrected chi connectivity index (χ2v) is 10.5. The smallest absolute Gasteiger partial charge is 0.225 e. The van der Waals surface area contributed by atoms with Gasteiger partial charge in [0.25, 0.3) is 0 Å². The van der Waals surface area contributed by atoms with Gasteiger partial charge >= 0.3 is 0 Å². The van der Waals surface area contributed by atoms with Crippen molar-refractivity contribution >= 4 is 17.4 Å². The summed E-state index contributed by atoms with van der Waals surface area (Å²) in [5.74, 6) is 2.71. The Morgan fingerprint density at radius 1 is 1.14 bits per heavy atom. The van der Waals surface area contributed by atoms with Crippen molar-refractivity contribution in [2.45, 2.75) is 65.4 Å². The van der Waals surface area contributed by atoms with Crippen molar-refractivity contribution in [3.63, 3.8) is 0 Å². The molecule has 7 heteroatoms. The lowest BCUT2D eigenvalue weighted by atomic mass is 9.82. The van der Waals surface area contributed by atoms with Gasteiger partial charge in [-0.3, -0.25) is 4.79 Å². The van der Waals surface area contributed by atoms with Gasteiger partial charge in [-0.1, -0.05) is 32.1 Å². The number of carbonyl (C=O) groups excluding carboxylic acids is 1. The summed E-state index contributed by atoms with van der Waals surface area (Å²) in [7, 11) is 0. The monoisotopic (exact) mass is 508 g/mol. The fraction of sp³-hybridized carbons (Fsp3) is 0.567. The molecule has 1 saturated heterocycles. The maximum absolute atomic E-state index is 12.3. The quantitative estimate of drug-likeness (QED) is 0.451. The lowest BCUT2D eigenvalue weighted by molar-refractivity contribution is -0.125. The van der Waals surface area contributed by atoms with Crippen LogP contribution < -0.4 is 15.0 Å². The van der Waals surface area contributed by atoms with E-state index in [1.54, 1.807) is 0 Å². The Morgan fingerprint density at radius 3 is 2.43 bits per heavy atom. The molecule has 4 rings (SSSR count). The number of ether oxygens (including phenoxy) is 1. The molecule has 6 nitrogen and oxygen atoms in total. The molecule has 1 aliphatic carbocycles. The van der Waals surface area contributed by atoms with Gasteiger partial charge in [0, 0.05) is 37.9 Å². The van der Waals surface area contributed by atoms with Crippen molar-refractivity contribution < 1.29 is 13.9 Å². The van der Waals surface area contributed by atoms with Crippen LogP contribution in [0.15, 0.2) is 42.7 Å². The highest BCUT2D eigenvalue weighted by Crippen LogP contribution is 2.33. The molecule has 1 fully saturated rings. The third-order valence-corrected chi connectivity index (χ3v) is 8.13. The third-order valence-electron chi connectivity index (χ3n) is 8.13. The highest BCUT2D eigenvalue weighted by Gasteiger charge is 2.29. The van der Waals surface area contributed by atoms with Crippen molar-refractivity contribution in [3.8, 4) is 5.75 Å². The molecule has 1 unspecified atom stereocenters. The number of hydrogen-bond donors (Lipinski definition) is 1. The third kappa shape index (κ3) is 7.08. The summed E-state index contributed by atoms with van der Waals surface area (Å²) in [5, 5.41) is 2.66. The molecule has 1 aliphatic heterocycles. The molecule has 1 amide bonds. The molecule has 1 N–H and O–H groups in total. The van der Waals surface area contributed by atoms with Gasteiger partial charge in [0.05, 0.1) is 6.10 Å². The number of amides is 1. The first-order valence-electron chi connectivity index (χ1n) is 13.8. The zero-order valence-corrected chi connectivity index (χ0v) is 22.5. The minimum atomic E-state index is -0.520. The number of anilines is 1. The van der Waals surface area contributed by atoms with Crippen LogP contribution in [0.4, 0.5) is 10.3 Å². The van der Waals surface area contributed by atoms with E-state index in [0.717, 1.165) is 56.9 Å². The van der Waals surface area contributed by atoms with Crippen LogP contribution in [0.2, 0.25) is 0 Å². The number of carbonyl (C=O) groups is 1. The van der Waals surface area contributed by atoms with E-state index in [0.29, 0.717) is 18.3 Å². The molecule has 3 atom stereocenters. The molecule has 0 bridgehead atoms. The molecule has 2 aromatic rings. The fourth-order valence-corrected chi connectivity index (χ4v) is 5.42. The van der Waals surface area contributed by atoms with E-state index >= 15 is 0 Å². The van der Waals surface area contributed by atoms with E-state index in [9.17, 15) is 9.18 Å². The molecule has 200 valence electrons. The molecular weight excluding hydrogens is 467 g/mol. The maximum atomic E-state index is 12.3. The lowest BCUT2D eigenvalue weighted by Gasteiger charge is -2.37. The minimum Gasteiger partial charge on any atom is -0.490 e. The van der Waals surface area contributed by atoms with Gasteiger partial charge in [-0.15, -0.1) is 0 Å². The van der Waals surface area contributed by atoms with Gasteiger partial charge in [0.2, 0.25) is 11.9 Å². The Kier molecular flexibility index (Phi) is 9.53. The number of nitrogens with one attached hydrogen (secondary N) is 1. The number of nitrogens with zero attached hydrogens (tertiary/aromatic N) is 3. The molecule has 0 spiro atoms. The van der Waals surface area contributed by atoms with Crippen LogP contribution in [0.3, 0.4) is 0 Å². The lowest BCUT2D eigenvalue weighted by Crippen LogP contribution is -2.39. The van der Waals surface area contributed by atoms with Gasteiger partial charge in [-0.05, 0) is 86.1 Å². The Labute approximate surface area is 220 Å². The summed E-state index contributed by atoms with van der Waals surface area (Å²) in [4.78, 5) is 23.5. The van der Waals surface area contributed by atoms with Crippen LogP contribution >= 0.6 is 0 Å². The minimum absolute atomic E-state index is 0.0376. The van der Waals surface area contributed by atoms with E-state index in [-0.39, 0.29) is 24.5 Å². The zero-order chi connectivity index (χ0) is 26.2. The predicted octanol–water partition coefficient (Wildman–Crippen LogP) is 5.63. The Balaban J connectivity index is 1.25. The predicted molar refractivity (Wildman–Crippen MR) is 146 cm³/mol. The molecule has 0 radical (unpaired) electrons. The van der Waals surface area contributed by atoms with Crippen LogP contribution in [0.25, 0.3) is 5.57 Å². The zero-order valence-electron chi connectivity index (χ0n) is 22.5. The van der Waals surface area contributed by atoms with Gasteiger partial charge < -0.3 is 15.0 Å². The summed E-state index contributed by atoms with van der Waals surface area (Å²) in [6.07, 6.45) is 11.7. The molecule has 2 aliphatic rings. The fourth-order valence-electron chi connectivity index (χ4n) is 5.42. The van der Waals surface area contributed by atoms with Crippen LogP contribution in [0.1, 0.15) is 64.0 Å². The van der Waals surface area contributed by atoms with Crippen LogP contribution in [0.5, 0.6) is 5.75 Å². The first-order chi connectivity index (χ1) is 18.0. The van der Waals surface area contributed by atoms with Crippen molar-refractivity contribution in [3.05, 3.63) is 53.9 Å². The number of benzene rings is 1. The number of alkyl halides is 1. The summed E-state index contributed by atoms with van der Waals surface area (Å²) < 4.78 is 18.7. The van der Waals surface area contributed by atoms with Crippen molar-refractivity contribution in [2.75, 3.05) is 31.2 Å². The van der Waals surface area contributed by atoms with Crippen molar-refractivity contribution in [2.24, 2.45) is 17.8 Å². The van der Waals surface area contributed by atoms with E-state index in [1.165, 1.54) is 16.7 Å². The Hall–Kier alpha value is -2.96. The topological polar surface area (TPSA) is 67.4 Å². The van der Waals surface area contributed by atoms with Gasteiger partial charge in [-0.2, -0.15) is 0 Å². The average molecular weight is 509 g/mol.